The molecule has 0 atom stereocenters. The molecule has 0 saturated carbocycles. The third-order valence-electron chi connectivity index (χ3n) is 0.577. The zero-order valence-electron chi connectivity index (χ0n) is 6.47. The smallest absolute Gasteiger partial charge is 0.0428 e. The molecule has 0 aromatic carbocycles. The van der Waals surface area contributed by atoms with E-state index in [4.69, 9.17) is 0 Å². The highest BCUT2D eigenvalue weighted by atomic mass is 31.2. The molecule has 0 spiro atoms. The SMILES string of the molecule is CC(C)N=P(C)(C)C. The molecule has 0 aliphatic heterocycles. The normalized spacial score (nSPS) is 12.2. The van der Waals surface area contributed by atoms with E-state index in [0.29, 0.717) is 6.04 Å². The van der Waals surface area contributed by atoms with Crippen molar-refractivity contribution in [3.63, 3.8) is 0 Å². The molecular formula is C6H16NP. The molecule has 0 amide bonds. The molecule has 0 radical (unpaired) electrons. The lowest BCUT2D eigenvalue weighted by atomic mass is 10.4. The molecule has 50 valence electrons. The molecule has 0 aromatic rings. The molecule has 0 saturated heterocycles. The summed E-state index contributed by atoms with van der Waals surface area (Å²) in [4.78, 5) is 0. The lowest BCUT2D eigenvalue weighted by molar-refractivity contribution is 0.846. The molecule has 1 nitrogen and oxygen atoms in total. The zero-order chi connectivity index (χ0) is 6.78. The number of rotatable bonds is 1. The highest BCUT2D eigenvalue weighted by molar-refractivity contribution is 7.64. The van der Waals surface area contributed by atoms with E-state index in [2.05, 4.69) is 38.6 Å². The van der Waals surface area contributed by atoms with Crippen LogP contribution >= 0.6 is 7.05 Å². The zero-order valence-corrected chi connectivity index (χ0v) is 7.37. The van der Waals surface area contributed by atoms with Crippen molar-refractivity contribution in [2.24, 2.45) is 4.74 Å². The Bertz CT molecular complexity index is 101. The van der Waals surface area contributed by atoms with E-state index in [-0.39, 0.29) is 0 Å². The van der Waals surface area contributed by atoms with E-state index < -0.39 is 7.05 Å². The van der Waals surface area contributed by atoms with Crippen molar-refractivity contribution in [3.05, 3.63) is 0 Å². The van der Waals surface area contributed by atoms with Gasteiger partial charge in [0.15, 0.2) is 0 Å². The standard InChI is InChI=1S/C6H16NP/c1-6(2)7-8(3,4)5/h6H,1-5H3. The summed E-state index contributed by atoms with van der Waals surface area (Å²) in [6.07, 6.45) is 0. The summed E-state index contributed by atoms with van der Waals surface area (Å²) in [5, 5.41) is 0. The van der Waals surface area contributed by atoms with Gasteiger partial charge in [0.2, 0.25) is 0 Å². The molecule has 0 aliphatic rings. The first-order valence-corrected chi connectivity index (χ1v) is 6.04. The van der Waals surface area contributed by atoms with Crippen molar-refractivity contribution in [2.75, 3.05) is 20.0 Å². The molecule has 0 fully saturated rings. The van der Waals surface area contributed by atoms with Gasteiger partial charge in [0.25, 0.3) is 0 Å². The van der Waals surface area contributed by atoms with Gasteiger partial charge in [0.05, 0.1) is 0 Å². The van der Waals surface area contributed by atoms with Gasteiger partial charge in [-0.25, -0.2) is 0 Å². The number of nitrogens with zero attached hydrogens (tertiary/aromatic N) is 1. The van der Waals surface area contributed by atoms with Crippen molar-refractivity contribution in [2.45, 2.75) is 19.9 Å². The Balaban J connectivity index is 3.95. The van der Waals surface area contributed by atoms with E-state index >= 15 is 0 Å². The third-order valence-corrected chi connectivity index (χ3v) is 1.73. The molecule has 8 heavy (non-hydrogen) atoms. The van der Waals surface area contributed by atoms with Crippen molar-refractivity contribution >= 4 is 7.05 Å². The maximum Gasteiger partial charge on any atom is 0.0428 e. The minimum atomic E-state index is -0.847. The summed E-state index contributed by atoms with van der Waals surface area (Å²) in [6.45, 7) is 10.9. The second-order valence-electron chi connectivity index (χ2n) is 3.15. The van der Waals surface area contributed by atoms with E-state index in [0.717, 1.165) is 0 Å². The molecule has 0 aromatic heterocycles. The Morgan fingerprint density at radius 3 is 1.50 bits per heavy atom. The van der Waals surface area contributed by atoms with Gasteiger partial charge in [-0.1, -0.05) is 0 Å². The first kappa shape index (κ1) is 8.23. The van der Waals surface area contributed by atoms with Crippen molar-refractivity contribution in [1.29, 1.82) is 0 Å². The van der Waals surface area contributed by atoms with Crippen LogP contribution in [0.25, 0.3) is 0 Å². The minimum absolute atomic E-state index is 0.517. The fourth-order valence-corrected chi connectivity index (χ4v) is 2.08. The fraction of sp³-hybridized carbons (Fsp3) is 1.00. The summed E-state index contributed by atoms with van der Waals surface area (Å²) in [5.74, 6) is 0. The molecule has 2 heteroatoms. The highest BCUT2D eigenvalue weighted by Gasteiger charge is 1.94. The predicted octanol–water partition coefficient (Wildman–Crippen LogP) is 2.49. The minimum Gasteiger partial charge on any atom is -0.301 e. The van der Waals surface area contributed by atoms with Crippen LogP contribution in [0.15, 0.2) is 4.74 Å². The van der Waals surface area contributed by atoms with E-state index in [9.17, 15) is 0 Å². The summed E-state index contributed by atoms with van der Waals surface area (Å²) in [6, 6.07) is 0.517. The number of hydrogen-bond donors (Lipinski definition) is 0. The van der Waals surface area contributed by atoms with Crippen molar-refractivity contribution in [3.8, 4) is 0 Å². The van der Waals surface area contributed by atoms with Crippen LogP contribution in [0.3, 0.4) is 0 Å². The second kappa shape index (κ2) is 2.68. The Morgan fingerprint density at radius 2 is 1.50 bits per heavy atom. The van der Waals surface area contributed by atoms with E-state index in [1.807, 2.05) is 0 Å². The third kappa shape index (κ3) is 6.23. The summed E-state index contributed by atoms with van der Waals surface area (Å²) < 4.78 is 4.52. The van der Waals surface area contributed by atoms with E-state index in [1.54, 1.807) is 0 Å². The Morgan fingerprint density at radius 1 is 1.12 bits per heavy atom. The van der Waals surface area contributed by atoms with Crippen LogP contribution in [0.1, 0.15) is 13.8 Å². The van der Waals surface area contributed by atoms with Gasteiger partial charge < -0.3 is 4.74 Å². The van der Waals surface area contributed by atoms with Crippen LogP contribution in [0.5, 0.6) is 0 Å². The first-order valence-electron chi connectivity index (χ1n) is 2.95. The average Bonchev–Trinajstić information content (AvgIpc) is 1.21. The van der Waals surface area contributed by atoms with Gasteiger partial charge in [-0.2, -0.15) is 0 Å². The van der Waals surface area contributed by atoms with Gasteiger partial charge in [-0.05, 0) is 40.9 Å². The highest BCUT2D eigenvalue weighted by Crippen LogP contribution is 2.36. The molecule has 0 N–H and O–H groups in total. The quantitative estimate of drug-likeness (QED) is 0.487. The Hall–Kier alpha value is 0.230. The topological polar surface area (TPSA) is 12.4 Å². The molecular weight excluding hydrogens is 117 g/mol. The predicted molar refractivity (Wildman–Crippen MR) is 42.3 cm³/mol. The molecule has 0 unspecified atom stereocenters. The lowest BCUT2D eigenvalue weighted by Crippen LogP contribution is -1.86. The Labute approximate surface area is 52.6 Å². The Kier molecular flexibility index (Phi) is 2.76. The maximum absolute atomic E-state index is 4.52. The van der Waals surface area contributed by atoms with Crippen LogP contribution in [-0.2, 0) is 0 Å². The molecule has 0 heterocycles. The molecule has 0 bridgehead atoms. The van der Waals surface area contributed by atoms with Crippen LogP contribution in [0, 0.1) is 0 Å². The fourth-order valence-electron chi connectivity index (χ4n) is 0.693. The van der Waals surface area contributed by atoms with Gasteiger partial charge in [-0.3, -0.25) is 0 Å². The van der Waals surface area contributed by atoms with Crippen molar-refractivity contribution in [1.82, 2.24) is 0 Å². The maximum atomic E-state index is 4.52. The van der Waals surface area contributed by atoms with Gasteiger partial charge >= 0.3 is 0 Å². The van der Waals surface area contributed by atoms with Gasteiger partial charge in [-0.15, -0.1) is 0 Å². The monoisotopic (exact) mass is 133 g/mol. The molecule has 0 rings (SSSR count). The van der Waals surface area contributed by atoms with Gasteiger partial charge in [0, 0.05) is 6.04 Å². The van der Waals surface area contributed by atoms with E-state index in [1.165, 1.54) is 0 Å². The molecule has 0 aliphatic carbocycles. The summed E-state index contributed by atoms with van der Waals surface area (Å²) in [5.41, 5.74) is 0. The van der Waals surface area contributed by atoms with Gasteiger partial charge in [0.1, 0.15) is 0 Å². The average molecular weight is 133 g/mol. The summed E-state index contributed by atoms with van der Waals surface area (Å²) in [7, 11) is -0.847. The van der Waals surface area contributed by atoms with Crippen molar-refractivity contribution < 1.29 is 0 Å². The second-order valence-corrected chi connectivity index (χ2v) is 7.27. The van der Waals surface area contributed by atoms with Crippen LogP contribution in [-0.4, -0.2) is 26.0 Å². The van der Waals surface area contributed by atoms with Crippen LogP contribution in [0.2, 0.25) is 0 Å². The summed E-state index contributed by atoms with van der Waals surface area (Å²) >= 11 is 0. The first-order chi connectivity index (χ1) is 3.42. The van der Waals surface area contributed by atoms with Crippen LogP contribution in [0.4, 0.5) is 0 Å². The largest absolute Gasteiger partial charge is 0.301 e. The number of hydrogen-bond acceptors (Lipinski definition) is 1. The lowest BCUT2D eigenvalue weighted by Gasteiger charge is -2.07. The van der Waals surface area contributed by atoms with Crippen LogP contribution < -0.4 is 0 Å².